The Labute approximate surface area is 426 Å². The smallest absolute Gasteiger partial charge is 0.475 e. The van der Waals surface area contributed by atoms with Gasteiger partial charge in [0.05, 0.1) is 69.7 Å². The number of imidazole rings is 2. The third kappa shape index (κ3) is 13.6. The Morgan fingerprint density at radius 3 is 1.36 bits per heavy atom. The number of aliphatic carboxylic acids is 2. The average molecular weight is 1080 g/mol. The molecule has 0 unspecified atom stereocenters. The van der Waals surface area contributed by atoms with E-state index in [-0.39, 0.29) is 22.5 Å². The average Bonchev–Trinajstić information content (AvgIpc) is 4.04. The van der Waals surface area contributed by atoms with E-state index in [9.17, 15) is 48.7 Å². The van der Waals surface area contributed by atoms with Crippen molar-refractivity contribution in [2.24, 2.45) is 0 Å². The van der Waals surface area contributed by atoms with Crippen molar-refractivity contribution in [3.63, 3.8) is 0 Å². The second-order valence-electron chi connectivity index (χ2n) is 16.1. The lowest BCUT2D eigenvalue weighted by atomic mass is 9.99. The Morgan fingerprint density at radius 1 is 0.571 bits per heavy atom. The van der Waals surface area contributed by atoms with Gasteiger partial charge in [-0.2, -0.15) is 45.6 Å². The molecular formula is C49H38F10N12O6. The Bertz CT molecular complexity index is 3470. The SMILES string of the molecule is Fc1cccc(F)c1-c1ccc2cnc(Nc3cnccc3C3=CCNCC3)n2n1.O=C(O)C(F)(F)F.O=C(O)C(F)(F)F.O=C(O)N1CC=C(c2ccncc2Nc2ncc3ccc(-c4c(F)cccc4F)nn23)CC1. The number of carboxylic acids is 2. The summed E-state index contributed by atoms with van der Waals surface area (Å²) in [5.74, 6) is -7.46. The molecule has 2 aliphatic heterocycles. The van der Waals surface area contributed by atoms with Gasteiger partial charge in [0.1, 0.15) is 23.3 Å². The van der Waals surface area contributed by atoms with Crippen molar-refractivity contribution < 1.29 is 73.6 Å². The summed E-state index contributed by atoms with van der Waals surface area (Å²) in [7, 11) is 0. The van der Waals surface area contributed by atoms with Crippen LogP contribution in [0.3, 0.4) is 0 Å². The van der Waals surface area contributed by atoms with Crippen molar-refractivity contribution in [1.82, 2.24) is 49.4 Å². The zero-order valence-electron chi connectivity index (χ0n) is 39.2. The molecule has 400 valence electrons. The van der Waals surface area contributed by atoms with Crippen LogP contribution in [0, 0.1) is 23.3 Å². The maximum atomic E-state index is 14.3. The zero-order valence-corrected chi connectivity index (χ0v) is 39.2. The molecule has 2 aromatic carbocycles. The molecule has 18 nitrogen and oxygen atoms in total. The summed E-state index contributed by atoms with van der Waals surface area (Å²) in [6, 6.07) is 17.8. The highest BCUT2D eigenvalue weighted by molar-refractivity contribution is 5.81. The number of hydrogen-bond acceptors (Lipinski definition) is 12. The fourth-order valence-corrected chi connectivity index (χ4v) is 7.43. The molecule has 8 heterocycles. The fraction of sp³-hybridized carbons (Fsp3) is 0.163. The number of carbonyl (C=O) groups is 3. The number of aromatic nitrogens is 8. The third-order valence-electron chi connectivity index (χ3n) is 11.1. The van der Waals surface area contributed by atoms with Gasteiger partial charge in [-0.1, -0.05) is 24.3 Å². The van der Waals surface area contributed by atoms with Gasteiger partial charge in [-0.05, 0) is 91.2 Å². The monoisotopic (exact) mass is 1080 g/mol. The predicted molar refractivity (Wildman–Crippen MR) is 257 cm³/mol. The van der Waals surface area contributed by atoms with Gasteiger partial charge in [-0.3, -0.25) is 9.97 Å². The standard InChI is InChI=1S/C23H18F2N6O2.C22H18F2N6.2C2HF3O2/c24-17-2-1-3-18(25)21(17)19-5-4-15-12-27-22(31(15)29-19)28-20-13-26-9-6-16(20)14-7-10-30(11-8-14)23(32)33;23-17-2-1-3-18(24)21(17)19-5-4-15-12-27-22(30(15)29-19)28-20-13-26-11-8-16(20)14-6-9-25-10-7-14;2*3-2(4,5)1(6)7/h1-7,9,12-13H,8,10-11H2,(H,27,28)(H,32,33);1-6,8,11-13,25H,7,9-10H2,(H,27,28);2*(H,6,7). The molecule has 77 heavy (non-hydrogen) atoms. The number of nitrogens with zero attached hydrogens (tertiary/aromatic N) is 9. The molecule has 6 aromatic heterocycles. The molecule has 0 radical (unpaired) electrons. The number of rotatable bonds is 8. The molecule has 0 atom stereocenters. The summed E-state index contributed by atoms with van der Waals surface area (Å²) in [5.41, 5.74) is 6.84. The molecule has 6 N–H and O–H groups in total. The molecule has 0 saturated carbocycles. The molecule has 0 fully saturated rings. The first-order valence-electron chi connectivity index (χ1n) is 22.3. The first kappa shape index (κ1) is 55.3. The molecule has 0 bridgehead atoms. The minimum atomic E-state index is -5.08. The van der Waals surface area contributed by atoms with Crippen LogP contribution in [0.1, 0.15) is 24.0 Å². The number of amides is 1. The zero-order chi connectivity index (χ0) is 55.6. The van der Waals surface area contributed by atoms with Crippen LogP contribution in [0.4, 0.5) is 72.0 Å². The molecule has 0 saturated heterocycles. The first-order valence-corrected chi connectivity index (χ1v) is 22.3. The van der Waals surface area contributed by atoms with Gasteiger partial charge >= 0.3 is 30.4 Å². The van der Waals surface area contributed by atoms with Crippen molar-refractivity contribution in [3.8, 4) is 22.5 Å². The number of pyridine rings is 2. The van der Waals surface area contributed by atoms with E-state index in [2.05, 4.69) is 52.2 Å². The summed E-state index contributed by atoms with van der Waals surface area (Å²) in [4.78, 5) is 47.5. The van der Waals surface area contributed by atoms with Gasteiger partial charge in [0.15, 0.2) is 0 Å². The van der Waals surface area contributed by atoms with E-state index < -0.39 is 53.7 Å². The van der Waals surface area contributed by atoms with Gasteiger partial charge in [-0.15, -0.1) is 0 Å². The topological polar surface area (TPSA) is 237 Å². The highest BCUT2D eigenvalue weighted by Gasteiger charge is 2.39. The third-order valence-corrected chi connectivity index (χ3v) is 11.1. The van der Waals surface area contributed by atoms with E-state index in [4.69, 9.17) is 24.9 Å². The van der Waals surface area contributed by atoms with E-state index in [1.165, 1.54) is 55.9 Å². The van der Waals surface area contributed by atoms with E-state index in [1.807, 2.05) is 18.2 Å². The molecule has 1 amide bonds. The van der Waals surface area contributed by atoms with Crippen molar-refractivity contribution >= 4 is 63.5 Å². The summed E-state index contributed by atoms with van der Waals surface area (Å²) in [6.45, 7) is 2.44. The predicted octanol–water partition coefficient (Wildman–Crippen LogP) is 10.0. The van der Waals surface area contributed by atoms with Crippen LogP contribution in [0.5, 0.6) is 0 Å². The fourth-order valence-electron chi connectivity index (χ4n) is 7.43. The normalized spacial score (nSPS) is 13.4. The van der Waals surface area contributed by atoms with E-state index in [0.29, 0.717) is 48.1 Å². The highest BCUT2D eigenvalue weighted by Crippen LogP contribution is 2.33. The number of carboxylic acid groups (broad SMARTS) is 3. The van der Waals surface area contributed by atoms with Crippen molar-refractivity contribution in [2.45, 2.75) is 25.2 Å². The van der Waals surface area contributed by atoms with Crippen LogP contribution in [-0.4, -0.2) is 116 Å². The molecular weight excluding hydrogens is 1040 g/mol. The first-order chi connectivity index (χ1) is 36.6. The molecule has 10 rings (SSSR count). The van der Waals surface area contributed by atoms with Gasteiger partial charge in [-0.25, -0.2) is 41.9 Å². The number of nitrogens with one attached hydrogen (secondary N) is 3. The van der Waals surface area contributed by atoms with Crippen LogP contribution >= 0.6 is 0 Å². The summed E-state index contributed by atoms with van der Waals surface area (Å²) >= 11 is 0. The van der Waals surface area contributed by atoms with Gasteiger partial charge < -0.3 is 36.2 Å². The Balaban J connectivity index is 0.000000180. The van der Waals surface area contributed by atoms with E-state index in [0.717, 1.165) is 41.9 Å². The lowest BCUT2D eigenvalue weighted by molar-refractivity contribution is -0.193. The molecule has 0 spiro atoms. The number of anilines is 4. The Hall–Kier alpha value is -9.47. The van der Waals surface area contributed by atoms with Crippen LogP contribution < -0.4 is 16.0 Å². The van der Waals surface area contributed by atoms with E-state index >= 15 is 0 Å². The number of hydrogen-bond donors (Lipinski definition) is 6. The molecule has 8 aromatic rings. The Kier molecular flexibility index (Phi) is 17.1. The van der Waals surface area contributed by atoms with Crippen LogP contribution in [-0.2, 0) is 9.59 Å². The lowest BCUT2D eigenvalue weighted by Crippen LogP contribution is -2.33. The van der Waals surface area contributed by atoms with Gasteiger partial charge in [0.2, 0.25) is 11.9 Å². The van der Waals surface area contributed by atoms with E-state index in [1.54, 1.807) is 61.4 Å². The minimum absolute atomic E-state index is 0.134. The summed E-state index contributed by atoms with van der Waals surface area (Å²) in [5, 5.41) is 42.0. The minimum Gasteiger partial charge on any atom is -0.475 e. The van der Waals surface area contributed by atoms with Crippen LogP contribution in [0.2, 0.25) is 0 Å². The number of halogens is 10. The highest BCUT2D eigenvalue weighted by atomic mass is 19.4. The largest absolute Gasteiger partial charge is 0.490 e. The number of benzene rings is 2. The molecule has 28 heteroatoms. The second-order valence-corrected chi connectivity index (χ2v) is 16.1. The van der Waals surface area contributed by atoms with Crippen molar-refractivity contribution in [2.75, 3.05) is 36.8 Å². The molecule has 0 aliphatic carbocycles. The Morgan fingerprint density at radius 2 is 1.00 bits per heavy atom. The summed E-state index contributed by atoms with van der Waals surface area (Å²) in [6.07, 6.45) is 4.42. The summed E-state index contributed by atoms with van der Waals surface area (Å²) < 4.78 is 123. The molecule has 2 aliphatic rings. The second kappa shape index (κ2) is 23.8. The van der Waals surface area contributed by atoms with Crippen LogP contribution in [0.15, 0.2) is 122 Å². The number of alkyl halides is 6. The van der Waals surface area contributed by atoms with Gasteiger partial charge in [0.25, 0.3) is 0 Å². The van der Waals surface area contributed by atoms with Gasteiger partial charge in [0, 0.05) is 43.2 Å². The maximum Gasteiger partial charge on any atom is 0.490 e. The maximum absolute atomic E-state index is 14.3. The lowest BCUT2D eigenvalue weighted by Gasteiger charge is -2.24. The van der Waals surface area contributed by atoms with Crippen molar-refractivity contribution in [1.29, 1.82) is 0 Å². The van der Waals surface area contributed by atoms with Crippen LogP contribution in [0.25, 0.3) is 44.7 Å². The number of fused-ring (bicyclic) bond motifs is 2. The quantitative estimate of drug-likeness (QED) is 0.0777. The van der Waals surface area contributed by atoms with Crippen molar-refractivity contribution in [3.05, 3.63) is 157 Å².